The number of nitro benzene ring substituents is 1. The molecular formula is C9H8N4O2. The van der Waals surface area contributed by atoms with Gasteiger partial charge in [0.25, 0.3) is 5.69 Å². The first kappa shape index (κ1) is 9.32. The van der Waals surface area contributed by atoms with Crippen molar-refractivity contribution in [2.75, 3.05) is 12.4 Å². The average Bonchev–Trinajstić information content (AvgIpc) is 2.27. The van der Waals surface area contributed by atoms with Gasteiger partial charge in [-0.1, -0.05) is 0 Å². The van der Waals surface area contributed by atoms with Crippen molar-refractivity contribution in [3.8, 4) is 0 Å². The number of rotatable bonds is 2. The highest BCUT2D eigenvalue weighted by atomic mass is 16.6. The van der Waals surface area contributed by atoms with Gasteiger partial charge >= 0.3 is 0 Å². The molecule has 0 aliphatic rings. The van der Waals surface area contributed by atoms with Crippen LogP contribution in [0.4, 0.5) is 11.4 Å². The summed E-state index contributed by atoms with van der Waals surface area (Å²) in [5.74, 6) is 0. The van der Waals surface area contributed by atoms with E-state index in [4.69, 9.17) is 0 Å². The summed E-state index contributed by atoms with van der Waals surface area (Å²) >= 11 is 0. The molecule has 1 heterocycles. The topological polar surface area (TPSA) is 81.0 Å². The van der Waals surface area contributed by atoms with Gasteiger partial charge in [-0.2, -0.15) is 10.2 Å². The normalized spacial score (nSPS) is 10.2. The number of nitrogens with zero attached hydrogens (tertiary/aromatic N) is 3. The van der Waals surface area contributed by atoms with Gasteiger partial charge in [-0.3, -0.25) is 10.1 Å². The van der Waals surface area contributed by atoms with E-state index in [0.717, 1.165) is 5.69 Å². The third kappa shape index (κ3) is 1.56. The maximum absolute atomic E-state index is 10.6. The van der Waals surface area contributed by atoms with Crippen LogP contribution in [0.1, 0.15) is 0 Å². The molecule has 0 amide bonds. The van der Waals surface area contributed by atoms with Crippen molar-refractivity contribution in [3.63, 3.8) is 0 Å². The van der Waals surface area contributed by atoms with E-state index < -0.39 is 4.92 Å². The van der Waals surface area contributed by atoms with E-state index in [1.165, 1.54) is 18.3 Å². The quantitative estimate of drug-likeness (QED) is 0.593. The second kappa shape index (κ2) is 3.49. The molecule has 76 valence electrons. The summed E-state index contributed by atoms with van der Waals surface area (Å²) in [6, 6.07) is 4.48. The second-order valence-electron chi connectivity index (χ2n) is 2.97. The first-order valence-corrected chi connectivity index (χ1v) is 4.30. The highest BCUT2D eigenvalue weighted by Crippen LogP contribution is 2.24. The Labute approximate surface area is 85.1 Å². The van der Waals surface area contributed by atoms with Gasteiger partial charge in [-0.05, 0) is 6.07 Å². The lowest BCUT2D eigenvalue weighted by molar-refractivity contribution is -0.384. The van der Waals surface area contributed by atoms with Crippen LogP contribution in [-0.2, 0) is 0 Å². The van der Waals surface area contributed by atoms with E-state index >= 15 is 0 Å². The molecule has 6 nitrogen and oxygen atoms in total. The fourth-order valence-corrected chi connectivity index (χ4v) is 1.36. The molecular weight excluding hydrogens is 196 g/mol. The van der Waals surface area contributed by atoms with Gasteiger partial charge in [0.2, 0.25) is 0 Å². The largest absolute Gasteiger partial charge is 0.386 e. The minimum Gasteiger partial charge on any atom is -0.386 e. The minimum absolute atomic E-state index is 0.0481. The summed E-state index contributed by atoms with van der Waals surface area (Å²) in [5.41, 5.74) is 1.41. The maximum Gasteiger partial charge on any atom is 0.270 e. The molecule has 0 fully saturated rings. The van der Waals surface area contributed by atoms with Crippen LogP contribution in [-0.4, -0.2) is 22.2 Å². The fourth-order valence-electron chi connectivity index (χ4n) is 1.36. The van der Waals surface area contributed by atoms with Gasteiger partial charge in [0, 0.05) is 24.6 Å². The molecule has 0 aliphatic heterocycles. The molecule has 0 bridgehead atoms. The third-order valence-corrected chi connectivity index (χ3v) is 2.10. The van der Waals surface area contributed by atoms with Crippen molar-refractivity contribution >= 4 is 22.3 Å². The Balaban J connectivity index is 2.72. The number of hydrogen-bond acceptors (Lipinski definition) is 5. The summed E-state index contributed by atoms with van der Waals surface area (Å²) < 4.78 is 0. The zero-order chi connectivity index (χ0) is 10.8. The first-order chi connectivity index (χ1) is 7.22. The van der Waals surface area contributed by atoms with Crippen LogP contribution in [0.2, 0.25) is 0 Å². The van der Waals surface area contributed by atoms with Crippen LogP contribution in [0.3, 0.4) is 0 Å². The molecule has 0 spiro atoms. The van der Waals surface area contributed by atoms with Crippen molar-refractivity contribution in [1.82, 2.24) is 10.2 Å². The van der Waals surface area contributed by atoms with E-state index in [1.54, 1.807) is 13.1 Å². The van der Waals surface area contributed by atoms with E-state index in [0.29, 0.717) is 10.9 Å². The molecule has 0 atom stereocenters. The number of non-ortho nitro benzene ring substituents is 1. The standard InChI is InChI=1S/C9H8N4O2/c1-10-9-5-11-12-8-3-2-6(13(14)15)4-7(8)9/h2-5H,1H3,(H,10,12). The van der Waals surface area contributed by atoms with Crippen LogP contribution in [0.5, 0.6) is 0 Å². The predicted octanol–water partition coefficient (Wildman–Crippen LogP) is 1.58. The number of nitrogens with one attached hydrogen (secondary N) is 1. The summed E-state index contributed by atoms with van der Waals surface area (Å²) in [5, 5.41) is 21.9. The monoisotopic (exact) mass is 204 g/mol. The molecule has 15 heavy (non-hydrogen) atoms. The first-order valence-electron chi connectivity index (χ1n) is 4.30. The summed E-state index contributed by atoms with van der Waals surface area (Å²) in [4.78, 5) is 10.2. The van der Waals surface area contributed by atoms with E-state index in [-0.39, 0.29) is 5.69 Å². The van der Waals surface area contributed by atoms with Crippen molar-refractivity contribution in [3.05, 3.63) is 34.5 Å². The van der Waals surface area contributed by atoms with Crippen molar-refractivity contribution in [1.29, 1.82) is 0 Å². The van der Waals surface area contributed by atoms with Gasteiger partial charge in [-0.15, -0.1) is 0 Å². The number of nitro groups is 1. The molecule has 0 aliphatic carbocycles. The van der Waals surface area contributed by atoms with Gasteiger partial charge in [0.15, 0.2) is 0 Å². The number of aromatic nitrogens is 2. The van der Waals surface area contributed by atoms with Crippen molar-refractivity contribution < 1.29 is 4.92 Å². The summed E-state index contributed by atoms with van der Waals surface area (Å²) in [7, 11) is 1.73. The molecule has 1 N–H and O–H groups in total. The fraction of sp³-hybridized carbons (Fsp3) is 0.111. The molecule has 2 rings (SSSR count). The number of benzene rings is 1. The molecule has 0 saturated heterocycles. The molecule has 1 aromatic heterocycles. The molecule has 6 heteroatoms. The zero-order valence-electron chi connectivity index (χ0n) is 7.97. The lowest BCUT2D eigenvalue weighted by Crippen LogP contribution is -1.94. The SMILES string of the molecule is CNc1cnnc2ccc([N+](=O)[O-])cc12. The summed E-state index contributed by atoms with van der Waals surface area (Å²) in [6.45, 7) is 0. The summed E-state index contributed by atoms with van der Waals surface area (Å²) in [6.07, 6.45) is 1.53. The average molecular weight is 204 g/mol. The second-order valence-corrected chi connectivity index (χ2v) is 2.97. The Morgan fingerprint density at radius 3 is 2.93 bits per heavy atom. The molecule has 0 radical (unpaired) electrons. The van der Waals surface area contributed by atoms with Crippen molar-refractivity contribution in [2.45, 2.75) is 0 Å². The van der Waals surface area contributed by atoms with Gasteiger partial charge in [-0.25, -0.2) is 0 Å². The maximum atomic E-state index is 10.6. The van der Waals surface area contributed by atoms with Crippen molar-refractivity contribution in [2.24, 2.45) is 0 Å². The van der Waals surface area contributed by atoms with Crippen LogP contribution in [0, 0.1) is 10.1 Å². The Hall–Kier alpha value is -2.24. The predicted molar refractivity (Wildman–Crippen MR) is 55.7 cm³/mol. The Kier molecular flexibility index (Phi) is 2.17. The zero-order valence-corrected chi connectivity index (χ0v) is 7.97. The lowest BCUT2D eigenvalue weighted by Gasteiger charge is -2.02. The smallest absolute Gasteiger partial charge is 0.270 e. The van der Waals surface area contributed by atoms with E-state index in [2.05, 4.69) is 15.5 Å². The third-order valence-electron chi connectivity index (χ3n) is 2.10. The minimum atomic E-state index is -0.431. The van der Waals surface area contributed by atoms with Crippen LogP contribution >= 0.6 is 0 Å². The van der Waals surface area contributed by atoms with Gasteiger partial charge < -0.3 is 5.32 Å². The van der Waals surface area contributed by atoms with Crippen LogP contribution in [0.25, 0.3) is 10.9 Å². The number of fused-ring (bicyclic) bond motifs is 1. The van der Waals surface area contributed by atoms with Crippen LogP contribution < -0.4 is 5.32 Å². The molecule has 1 aromatic carbocycles. The number of anilines is 1. The van der Waals surface area contributed by atoms with E-state index in [9.17, 15) is 10.1 Å². The molecule has 2 aromatic rings. The van der Waals surface area contributed by atoms with Crippen LogP contribution in [0.15, 0.2) is 24.4 Å². The molecule has 0 saturated carbocycles. The number of hydrogen-bond donors (Lipinski definition) is 1. The van der Waals surface area contributed by atoms with E-state index in [1.807, 2.05) is 0 Å². The molecule has 0 unspecified atom stereocenters. The Bertz CT molecular complexity index is 527. The van der Waals surface area contributed by atoms with Gasteiger partial charge in [0.05, 0.1) is 22.3 Å². The highest BCUT2D eigenvalue weighted by molar-refractivity contribution is 5.91. The highest BCUT2D eigenvalue weighted by Gasteiger charge is 2.09. The lowest BCUT2D eigenvalue weighted by atomic mass is 10.2. The Morgan fingerprint density at radius 2 is 2.27 bits per heavy atom. The van der Waals surface area contributed by atoms with Gasteiger partial charge in [0.1, 0.15) is 0 Å². The Morgan fingerprint density at radius 1 is 1.47 bits per heavy atom.